The number of hydrogen-bond acceptors (Lipinski definition) is 0. The minimum atomic E-state index is -0.424. The average Bonchev–Trinajstić information content (AvgIpc) is 3.87. The summed E-state index contributed by atoms with van der Waals surface area (Å²) in [5, 5.41) is 2.24. The third-order valence-electron chi connectivity index (χ3n) is 10.8. The molecule has 11 aromatic rings. The molecule has 0 N–H and O–H groups in total. The number of benzene rings is 9. The predicted octanol–water partition coefficient (Wildman–Crippen LogP) is 14.5. The van der Waals surface area contributed by atoms with Gasteiger partial charge >= 0.3 is 0 Å². The molecule has 0 atom stereocenters. The van der Waals surface area contributed by atoms with Gasteiger partial charge in [0.2, 0.25) is 0 Å². The van der Waals surface area contributed by atoms with Crippen LogP contribution in [0.2, 0.25) is 0 Å². The molecule has 0 fully saturated rings. The Hall–Kier alpha value is -7.42. The zero-order chi connectivity index (χ0) is 43.1. The minimum absolute atomic E-state index is 0.0785. The minimum Gasteiger partial charge on any atom is -0.309 e. The van der Waals surface area contributed by atoms with Gasteiger partial charge in [0.15, 0.2) is 0 Å². The zero-order valence-corrected chi connectivity index (χ0v) is 30.1. The molecule has 2 aromatic heterocycles. The third-order valence-corrected chi connectivity index (χ3v) is 10.8. The fraction of sp³-hybridized carbons (Fsp3) is 0. The maximum absolute atomic E-state index is 9.88. The second kappa shape index (κ2) is 13.2. The molecule has 0 amide bonds. The lowest BCUT2D eigenvalue weighted by molar-refractivity contribution is 1.18. The largest absolute Gasteiger partial charge is 0.309 e. The molecule has 262 valence electrons. The molecule has 0 saturated heterocycles. The summed E-state index contributed by atoms with van der Waals surface area (Å²) in [5.41, 5.74) is 10.8. The Kier molecular flexibility index (Phi) is 6.01. The van der Waals surface area contributed by atoms with Gasteiger partial charge in [-0.15, -0.1) is 0 Å². The number of rotatable bonds is 6. The zero-order valence-electron chi connectivity index (χ0n) is 37.1. The van der Waals surface area contributed by atoms with E-state index in [1.54, 1.807) is 4.57 Å². The van der Waals surface area contributed by atoms with Crippen molar-refractivity contribution in [3.8, 4) is 55.9 Å². The van der Waals surface area contributed by atoms with Crippen molar-refractivity contribution < 1.29 is 9.60 Å². The Balaban J connectivity index is 1.13. The van der Waals surface area contributed by atoms with E-state index in [0.717, 1.165) is 60.9 Å². The van der Waals surface area contributed by atoms with Crippen molar-refractivity contribution in [2.24, 2.45) is 0 Å². The van der Waals surface area contributed by atoms with Crippen LogP contribution >= 0.6 is 0 Å². The van der Waals surface area contributed by atoms with E-state index in [1.165, 1.54) is 0 Å². The SMILES string of the molecule is [2H]c1c([2H])c([2H])c2c(c1[2H])c1c([2H])c(-c3ccc4c(c3)c3cc(-c5ccccc5)ccc3n4-c3ccccc3)c([2H])c([2H])c1n2-c1ccc(-c2cccc(-c3ccccc3)c2)cc1. The van der Waals surface area contributed by atoms with Crippen molar-refractivity contribution in [3.05, 3.63) is 218 Å². The van der Waals surface area contributed by atoms with Crippen LogP contribution in [0.1, 0.15) is 9.60 Å². The van der Waals surface area contributed by atoms with E-state index in [4.69, 9.17) is 2.74 Å². The van der Waals surface area contributed by atoms with Crippen LogP contribution in [0.3, 0.4) is 0 Å². The van der Waals surface area contributed by atoms with Gasteiger partial charge in [0, 0.05) is 32.9 Å². The summed E-state index contributed by atoms with van der Waals surface area (Å²) < 4.78 is 68.7. The first-order valence-corrected chi connectivity index (χ1v) is 18.7. The highest BCUT2D eigenvalue weighted by Crippen LogP contribution is 2.40. The first-order chi connectivity index (χ1) is 30.7. The first kappa shape index (κ1) is 25.6. The quantitative estimate of drug-likeness (QED) is 0.162. The number of fused-ring (bicyclic) bond motifs is 6. The first-order valence-electron chi connectivity index (χ1n) is 22.2. The fourth-order valence-electron chi connectivity index (χ4n) is 8.07. The highest BCUT2D eigenvalue weighted by molar-refractivity contribution is 6.13. The molecule has 0 aliphatic carbocycles. The van der Waals surface area contributed by atoms with Crippen molar-refractivity contribution in [2.75, 3.05) is 0 Å². The molecule has 2 heteroatoms. The second-order valence-electron chi connectivity index (χ2n) is 14.0. The normalized spacial score (nSPS) is 13.3. The highest BCUT2D eigenvalue weighted by atomic mass is 15.0. The van der Waals surface area contributed by atoms with Crippen LogP contribution < -0.4 is 0 Å². The van der Waals surface area contributed by atoms with Gasteiger partial charge in [-0.2, -0.15) is 0 Å². The molecule has 56 heavy (non-hydrogen) atoms. The van der Waals surface area contributed by atoms with Gasteiger partial charge in [-0.1, -0.05) is 145 Å². The van der Waals surface area contributed by atoms with Crippen LogP contribution in [0.5, 0.6) is 0 Å². The highest BCUT2D eigenvalue weighted by Gasteiger charge is 2.17. The van der Waals surface area contributed by atoms with Crippen molar-refractivity contribution in [1.82, 2.24) is 9.13 Å². The summed E-state index contributed by atoms with van der Waals surface area (Å²) in [5.74, 6) is 0. The van der Waals surface area contributed by atoms with Gasteiger partial charge in [-0.3, -0.25) is 0 Å². The fourth-order valence-corrected chi connectivity index (χ4v) is 8.07. The molecular weight excluding hydrogens is 677 g/mol. The predicted molar refractivity (Wildman–Crippen MR) is 237 cm³/mol. The average molecular weight is 720 g/mol. The van der Waals surface area contributed by atoms with E-state index >= 15 is 0 Å². The molecule has 2 nitrogen and oxygen atoms in total. The van der Waals surface area contributed by atoms with E-state index in [0.29, 0.717) is 11.3 Å². The molecule has 0 unspecified atom stereocenters. The lowest BCUT2D eigenvalue weighted by Gasteiger charge is -2.11. The Labute approximate surface area is 335 Å². The van der Waals surface area contributed by atoms with Crippen molar-refractivity contribution in [2.45, 2.75) is 0 Å². The molecule has 0 aliphatic rings. The molecule has 9 aromatic carbocycles. The summed E-state index contributed by atoms with van der Waals surface area (Å²) in [4.78, 5) is 0. The standard InChI is InChI=1S/C54H36N2/c1-4-13-37(14-5-1)40-17-12-18-41(33-40)39-23-28-46(29-24-39)56-51-22-11-10-21-47(51)48-35-43(26-31-52(48)56)44-27-32-54-50(36-44)49-34-42(38-15-6-2-7-16-38)25-30-53(49)55(54)45-19-8-3-9-20-45/h1-36H/i10D,11D,21D,22D,26D,31D,35D. The Bertz CT molecular complexity index is 3620. The summed E-state index contributed by atoms with van der Waals surface area (Å²) >= 11 is 0. The molecule has 0 bridgehead atoms. The second-order valence-corrected chi connectivity index (χ2v) is 14.0. The van der Waals surface area contributed by atoms with Crippen molar-refractivity contribution in [1.29, 1.82) is 0 Å². The van der Waals surface area contributed by atoms with Gasteiger partial charge in [0.25, 0.3) is 0 Å². The smallest absolute Gasteiger partial charge is 0.0645 e. The van der Waals surface area contributed by atoms with Gasteiger partial charge in [-0.05, 0) is 117 Å². The van der Waals surface area contributed by atoms with E-state index in [2.05, 4.69) is 71.3 Å². The molecule has 0 spiro atoms. The van der Waals surface area contributed by atoms with Gasteiger partial charge < -0.3 is 9.13 Å². The monoisotopic (exact) mass is 719 g/mol. The lowest BCUT2D eigenvalue weighted by Crippen LogP contribution is -1.94. The number of hydrogen-bond donors (Lipinski definition) is 0. The van der Waals surface area contributed by atoms with E-state index < -0.39 is 12.1 Å². The number of para-hydroxylation sites is 2. The summed E-state index contributed by atoms with van der Waals surface area (Å²) in [6.45, 7) is 0. The Morgan fingerprint density at radius 1 is 0.286 bits per heavy atom. The molecular formula is C54H36N2. The molecule has 2 heterocycles. The summed E-state index contributed by atoms with van der Waals surface area (Å²) in [7, 11) is 0. The van der Waals surface area contributed by atoms with Crippen LogP contribution in [0.25, 0.3) is 99.5 Å². The molecule has 0 aliphatic heterocycles. The van der Waals surface area contributed by atoms with Crippen molar-refractivity contribution >= 4 is 43.6 Å². The molecule has 0 radical (unpaired) electrons. The third kappa shape index (κ3) is 5.34. The van der Waals surface area contributed by atoms with Crippen LogP contribution in [-0.2, 0) is 0 Å². The number of aromatic nitrogens is 2. The van der Waals surface area contributed by atoms with Crippen LogP contribution in [0, 0.1) is 0 Å². The number of nitrogens with zero attached hydrogens (tertiary/aromatic N) is 2. The van der Waals surface area contributed by atoms with Gasteiger partial charge in [-0.25, -0.2) is 0 Å². The topological polar surface area (TPSA) is 9.86 Å². The summed E-state index contributed by atoms with van der Waals surface area (Å²) in [6, 6.07) is 56.8. The van der Waals surface area contributed by atoms with Crippen LogP contribution in [0.4, 0.5) is 0 Å². The Morgan fingerprint density at radius 2 is 0.750 bits per heavy atom. The van der Waals surface area contributed by atoms with E-state index in [-0.39, 0.29) is 57.6 Å². The maximum atomic E-state index is 9.88. The molecule has 11 rings (SSSR count). The lowest BCUT2D eigenvalue weighted by atomic mass is 9.99. The van der Waals surface area contributed by atoms with Crippen LogP contribution in [-0.4, -0.2) is 9.13 Å². The van der Waals surface area contributed by atoms with E-state index in [1.807, 2.05) is 109 Å². The molecule has 0 saturated carbocycles. The van der Waals surface area contributed by atoms with Crippen LogP contribution in [0.15, 0.2) is 218 Å². The van der Waals surface area contributed by atoms with Crippen molar-refractivity contribution in [3.63, 3.8) is 0 Å². The van der Waals surface area contributed by atoms with E-state index in [9.17, 15) is 6.85 Å². The Morgan fingerprint density at radius 3 is 1.39 bits per heavy atom. The summed E-state index contributed by atoms with van der Waals surface area (Å²) in [6.07, 6.45) is 0. The van der Waals surface area contributed by atoms with Gasteiger partial charge in [0.05, 0.1) is 31.7 Å². The maximum Gasteiger partial charge on any atom is 0.0645 e. The van der Waals surface area contributed by atoms with Gasteiger partial charge in [0.1, 0.15) is 0 Å².